The summed E-state index contributed by atoms with van der Waals surface area (Å²) in [5, 5.41) is 2.24. The molecule has 0 radical (unpaired) electrons. The van der Waals surface area contributed by atoms with Gasteiger partial charge >= 0.3 is 0 Å². The predicted molar refractivity (Wildman–Crippen MR) is 113 cm³/mol. The Balaban J connectivity index is 1.88. The lowest BCUT2D eigenvalue weighted by atomic mass is 10.1. The molecule has 2 rings (SSSR count). The molecule has 144 valence electrons. The Morgan fingerprint density at radius 1 is 0.538 bits per heavy atom. The van der Waals surface area contributed by atoms with Crippen molar-refractivity contribution in [1.82, 2.24) is 0 Å². The van der Waals surface area contributed by atoms with Gasteiger partial charge in [0.05, 0.1) is 13.2 Å². The van der Waals surface area contributed by atoms with Crippen molar-refractivity contribution in [3.05, 3.63) is 36.4 Å². The number of hydrogen-bond acceptors (Lipinski definition) is 2. The summed E-state index contributed by atoms with van der Waals surface area (Å²) in [6, 6.07) is 12.4. The first-order chi connectivity index (χ1) is 12.9. The molecule has 0 saturated heterocycles. The van der Waals surface area contributed by atoms with Crippen LogP contribution in [0.2, 0.25) is 0 Å². The summed E-state index contributed by atoms with van der Waals surface area (Å²) in [7, 11) is 0. The number of alkyl halides is 2. The fourth-order valence-corrected chi connectivity index (χ4v) is 3.34. The van der Waals surface area contributed by atoms with Crippen LogP contribution in [-0.2, 0) is 0 Å². The summed E-state index contributed by atoms with van der Waals surface area (Å²) in [4.78, 5) is 0. The molecule has 0 aliphatic heterocycles. The van der Waals surface area contributed by atoms with Crippen molar-refractivity contribution in [1.29, 1.82) is 0 Å². The molecule has 4 heteroatoms. The molecular weight excluding hydrogens is 367 g/mol. The molecule has 0 N–H and O–H groups in total. The molecule has 0 amide bonds. The van der Waals surface area contributed by atoms with Crippen molar-refractivity contribution in [3.8, 4) is 11.5 Å². The fraction of sp³-hybridized carbons (Fsp3) is 0.545. The lowest BCUT2D eigenvalue weighted by Crippen LogP contribution is -2.00. The van der Waals surface area contributed by atoms with Crippen LogP contribution in [0.3, 0.4) is 0 Å². The van der Waals surface area contributed by atoms with Crippen LogP contribution in [-0.4, -0.2) is 25.0 Å². The van der Waals surface area contributed by atoms with Crippen molar-refractivity contribution < 1.29 is 9.47 Å². The van der Waals surface area contributed by atoms with E-state index < -0.39 is 0 Å². The molecule has 0 bridgehead atoms. The first-order valence-corrected chi connectivity index (χ1v) is 10.8. The van der Waals surface area contributed by atoms with Crippen LogP contribution in [0.5, 0.6) is 11.5 Å². The summed E-state index contributed by atoms with van der Waals surface area (Å²) >= 11 is 11.4. The Morgan fingerprint density at radius 3 is 1.38 bits per heavy atom. The zero-order chi connectivity index (χ0) is 18.5. The molecule has 2 aromatic rings. The normalized spacial score (nSPS) is 11.0. The predicted octanol–water partition coefficient (Wildman–Crippen LogP) is 7.20. The SMILES string of the molecule is ClCCCCCCOc1ccc(OCCCCCCCl)c2ccccc12. The molecule has 0 heterocycles. The van der Waals surface area contributed by atoms with E-state index in [9.17, 15) is 0 Å². The Hall–Kier alpha value is -1.12. The van der Waals surface area contributed by atoms with Gasteiger partial charge in [0, 0.05) is 22.5 Å². The third kappa shape index (κ3) is 7.25. The monoisotopic (exact) mass is 396 g/mol. The van der Waals surface area contributed by atoms with Crippen LogP contribution >= 0.6 is 23.2 Å². The second-order valence-corrected chi connectivity index (χ2v) is 7.27. The van der Waals surface area contributed by atoms with Gasteiger partial charge in [0.2, 0.25) is 0 Å². The highest BCUT2D eigenvalue weighted by Crippen LogP contribution is 2.33. The van der Waals surface area contributed by atoms with Crippen molar-refractivity contribution in [3.63, 3.8) is 0 Å². The number of fused-ring (bicyclic) bond motifs is 1. The molecule has 2 aromatic carbocycles. The average molecular weight is 397 g/mol. The van der Waals surface area contributed by atoms with E-state index in [0.29, 0.717) is 0 Å². The number of hydrogen-bond donors (Lipinski definition) is 0. The van der Waals surface area contributed by atoms with Gasteiger partial charge in [-0.1, -0.05) is 49.9 Å². The number of rotatable bonds is 14. The van der Waals surface area contributed by atoms with Gasteiger partial charge in [-0.2, -0.15) is 0 Å². The molecule has 2 nitrogen and oxygen atoms in total. The van der Waals surface area contributed by atoms with Gasteiger partial charge in [-0.25, -0.2) is 0 Å². The standard InChI is InChI=1S/C22H30Cl2O2/c23-15-7-1-3-9-17-25-21-13-14-22(20-12-6-5-11-19(20)21)26-18-10-4-2-8-16-24/h5-6,11-14H,1-4,7-10,15-18H2. The van der Waals surface area contributed by atoms with Crippen LogP contribution in [0.4, 0.5) is 0 Å². The van der Waals surface area contributed by atoms with Gasteiger partial charge in [0.1, 0.15) is 11.5 Å². The van der Waals surface area contributed by atoms with Crippen LogP contribution in [0.15, 0.2) is 36.4 Å². The second-order valence-electron chi connectivity index (χ2n) is 6.51. The third-order valence-corrected chi connectivity index (χ3v) is 4.95. The quantitative estimate of drug-likeness (QED) is 0.248. The summed E-state index contributed by atoms with van der Waals surface area (Å²) in [5.41, 5.74) is 0. The molecular formula is C22H30Cl2O2. The highest BCUT2D eigenvalue weighted by molar-refractivity contribution is 6.18. The van der Waals surface area contributed by atoms with E-state index >= 15 is 0 Å². The Kier molecular flexibility index (Phi) is 10.7. The lowest BCUT2D eigenvalue weighted by molar-refractivity contribution is 0.302. The van der Waals surface area contributed by atoms with Gasteiger partial charge in [-0.05, 0) is 37.8 Å². The summed E-state index contributed by atoms with van der Waals surface area (Å²) < 4.78 is 12.0. The topological polar surface area (TPSA) is 18.5 Å². The summed E-state index contributed by atoms with van der Waals surface area (Å²) in [6.45, 7) is 1.49. The first kappa shape index (κ1) is 21.2. The molecule has 0 aliphatic rings. The summed E-state index contributed by atoms with van der Waals surface area (Å²) in [5.74, 6) is 3.37. The molecule has 0 aromatic heterocycles. The highest BCUT2D eigenvalue weighted by atomic mass is 35.5. The Morgan fingerprint density at radius 2 is 0.962 bits per heavy atom. The zero-order valence-electron chi connectivity index (χ0n) is 15.5. The van der Waals surface area contributed by atoms with Crippen molar-refractivity contribution in [2.24, 2.45) is 0 Å². The minimum absolute atomic E-state index is 0.743. The third-order valence-electron chi connectivity index (χ3n) is 4.42. The zero-order valence-corrected chi connectivity index (χ0v) is 17.0. The maximum atomic E-state index is 6.02. The minimum Gasteiger partial charge on any atom is -0.493 e. The number of unbranched alkanes of at least 4 members (excludes halogenated alkanes) is 6. The van der Waals surface area contributed by atoms with Gasteiger partial charge in [0.25, 0.3) is 0 Å². The van der Waals surface area contributed by atoms with Gasteiger partial charge < -0.3 is 9.47 Å². The van der Waals surface area contributed by atoms with E-state index in [1.54, 1.807) is 0 Å². The molecule has 0 fully saturated rings. The molecule has 0 saturated carbocycles. The fourth-order valence-electron chi connectivity index (χ4n) is 2.96. The van der Waals surface area contributed by atoms with E-state index in [1.807, 2.05) is 24.3 Å². The molecule has 0 unspecified atom stereocenters. The highest BCUT2D eigenvalue weighted by Gasteiger charge is 2.07. The van der Waals surface area contributed by atoms with Crippen LogP contribution in [0.1, 0.15) is 51.4 Å². The van der Waals surface area contributed by atoms with Crippen LogP contribution < -0.4 is 9.47 Å². The lowest BCUT2D eigenvalue weighted by Gasteiger charge is -2.13. The first-order valence-electron chi connectivity index (χ1n) is 9.76. The maximum Gasteiger partial charge on any atom is 0.127 e. The van der Waals surface area contributed by atoms with Crippen LogP contribution in [0, 0.1) is 0 Å². The summed E-state index contributed by atoms with van der Waals surface area (Å²) in [6.07, 6.45) is 8.96. The smallest absolute Gasteiger partial charge is 0.127 e. The van der Waals surface area contributed by atoms with Gasteiger partial charge in [0.15, 0.2) is 0 Å². The van der Waals surface area contributed by atoms with E-state index in [4.69, 9.17) is 32.7 Å². The molecule has 26 heavy (non-hydrogen) atoms. The van der Waals surface area contributed by atoms with Crippen molar-refractivity contribution >= 4 is 34.0 Å². The number of benzene rings is 2. The van der Waals surface area contributed by atoms with E-state index in [2.05, 4.69) is 12.1 Å². The number of ether oxygens (including phenoxy) is 2. The average Bonchev–Trinajstić information content (AvgIpc) is 2.68. The van der Waals surface area contributed by atoms with Gasteiger partial charge in [-0.3, -0.25) is 0 Å². The number of halogens is 2. The molecule has 0 aliphatic carbocycles. The Bertz CT molecular complexity index is 576. The molecule has 0 spiro atoms. The second kappa shape index (κ2) is 13.1. The Labute approximate surface area is 167 Å². The largest absolute Gasteiger partial charge is 0.493 e. The van der Waals surface area contributed by atoms with E-state index in [-0.39, 0.29) is 0 Å². The van der Waals surface area contributed by atoms with E-state index in [0.717, 1.165) is 85.8 Å². The molecule has 0 atom stereocenters. The van der Waals surface area contributed by atoms with Crippen molar-refractivity contribution in [2.75, 3.05) is 25.0 Å². The van der Waals surface area contributed by atoms with E-state index in [1.165, 1.54) is 12.8 Å². The van der Waals surface area contributed by atoms with Gasteiger partial charge in [-0.15, -0.1) is 23.2 Å². The minimum atomic E-state index is 0.743. The van der Waals surface area contributed by atoms with Crippen molar-refractivity contribution in [2.45, 2.75) is 51.4 Å². The van der Waals surface area contributed by atoms with Crippen LogP contribution in [0.25, 0.3) is 10.8 Å². The maximum absolute atomic E-state index is 6.02.